The Kier molecular flexibility index (Phi) is 5.46. The molecule has 0 spiro atoms. The summed E-state index contributed by atoms with van der Waals surface area (Å²) in [4.78, 5) is 16.4. The van der Waals surface area contributed by atoms with Gasteiger partial charge < -0.3 is 10.6 Å². The molecule has 0 radical (unpaired) electrons. The number of para-hydroxylation sites is 1. The number of benzene rings is 1. The minimum absolute atomic E-state index is 0.0410. The number of rotatable bonds is 6. The van der Waals surface area contributed by atoms with E-state index in [0.717, 1.165) is 35.6 Å². The van der Waals surface area contributed by atoms with Gasteiger partial charge in [0.1, 0.15) is 0 Å². The quantitative estimate of drug-likeness (QED) is 0.857. The summed E-state index contributed by atoms with van der Waals surface area (Å²) in [6.07, 6.45) is 2.01. The average molecular weight is 283 g/mol. The number of carbonyl (C=O) groups is 1. The Morgan fingerprint density at radius 2 is 2.00 bits per heavy atom. The Labute approximate surface area is 125 Å². The van der Waals surface area contributed by atoms with Crippen molar-refractivity contribution in [2.24, 2.45) is 0 Å². The van der Waals surface area contributed by atoms with Crippen LogP contribution in [0.4, 0.5) is 5.69 Å². The topological polar surface area (TPSA) is 54.0 Å². The lowest BCUT2D eigenvalue weighted by Gasteiger charge is -2.11. The number of hydrogen-bond donors (Lipinski definition) is 2. The highest BCUT2D eigenvalue weighted by atomic mass is 16.1. The van der Waals surface area contributed by atoms with E-state index in [-0.39, 0.29) is 5.91 Å². The number of carbonyl (C=O) groups excluding carboxylic acids is 1. The molecule has 1 amide bonds. The van der Waals surface area contributed by atoms with Crippen LogP contribution in [0.15, 0.2) is 42.6 Å². The van der Waals surface area contributed by atoms with Gasteiger partial charge in [-0.05, 0) is 36.7 Å². The van der Waals surface area contributed by atoms with Gasteiger partial charge in [0.2, 0.25) is 5.91 Å². The highest BCUT2D eigenvalue weighted by Gasteiger charge is 2.09. The molecule has 1 heterocycles. The van der Waals surface area contributed by atoms with Crippen molar-refractivity contribution < 1.29 is 4.79 Å². The molecule has 110 valence electrons. The minimum Gasteiger partial charge on any atom is -0.325 e. The molecule has 0 aliphatic rings. The fraction of sp³-hybridized carbons (Fsp3) is 0.294. The van der Waals surface area contributed by atoms with Crippen LogP contribution in [0.3, 0.4) is 0 Å². The first-order chi connectivity index (χ1) is 10.2. The second-order valence-corrected chi connectivity index (χ2v) is 4.93. The van der Waals surface area contributed by atoms with E-state index in [1.807, 2.05) is 43.3 Å². The first-order valence-corrected chi connectivity index (χ1v) is 7.19. The van der Waals surface area contributed by atoms with E-state index >= 15 is 0 Å². The lowest BCUT2D eigenvalue weighted by Crippen LogP contribution is -2.19. The average Bonchev–Trinajstić information content (AvgIpc) is 2.49. The number of nitrogens with zero attached hydrogens (tertiary/aromatic N) is 1. The number of anilines is 1. The molecular weight excluding hydrogens is 262 g/mol. The molecule has 21 heavy (non-hydrogen) atoms. The van der Waals surface area contributed by atoms with Crippen molar-refractivity contribution in [3.8, 4) is 0 Å². The lowest BCUT2D eigenvalue weighted by atomic mass is 10.1. The van der Waals surface area contributed by atoms with Crippen molar-refractivity contribution in [1.29, 1.82) is 0 Å². The molecule has 4 nitrogen and oxygen atoms in total. The van der Waals surface area contributed by atoms with Crippen molar-refractivity contribution in [2.45, 2.75) is 26.8 Å². The summed E-state index contributed by atoms with van der Waals surface area (Å²) >= 11 is 0. The summed E-state index contributed by atoms with van der Waals surface area (Å²) in [5.41, 5.74) is 3.80. The molecule has 2 N–H and O–H groups in total. The van der Waals surface area contributed by atoms with Gasteiger partial charge in [-0.15, -0.1) is 0 Å². The van der Waals surface area contributed by atoms with Crippen LogP contribution in [0.5, 0.6) is 0 Å². The van der Waals surface area contributed by atoms with E-state index in [9.17, 15) is 4.79 Å². The number of pyridine rings is 1. The Morgan fingerprint density at radius 3 is 2.76 bits per heavy atom. The van der Waals surface area contributed by atoms with Crippen LogP contribution in [0.25, 0.3) is 0 Å². The summed E-state index contributed by atoms with van der Waals surface area (Å²) in [7, 11) is 0. The zero-order valence-electron chi connectivity index (χ0n) is 12.5. The molecule has 0 bridgehead atoms. The zero-order chi connectivity index (χ0) is 15.1. The molecule has 2 aromatic rings. The lowest BCUT2D eigenvalue weighted by molar-refractivity contribution is -0.115. The molecule has 0 aliphatic heterocycles. The first-order valence-electron chi connectivity index (χ1n) is 7.19. The maximum absolute atomic E-state index is 12.2. The highest BCUT2D eigenvalue weighted by Crippen LogP contribution is 2.15. The van der Waals surface area contributed by atoms with Crippen LogP contribution in [0, 0.1) is 6.92 Å². The number of amides is 1. The normalized spacial score (nSPS) is 10.4. The van der Waals surface area contributed by atoms with Crippen molar-refractivity contribution in [2.75, 3.05) is 11.9 Å². The maximum atomic E-state index is 12.2. The highest BCUT2D eigenvalue weighted by molar-refractivity contribution is 5.92. The summed E-state index contributed by atoms with van der Waals surface area (Å²) in [5, 5.41) is 6.25. The molecule has 0 saturated carbocycles. The molecule has 0 fully saturated rings. The molecule has 0 saturated heterocycles. The van der Waals surface area contributed by atoms with Gasteiger partial charge in [0.05, 0.1) is 12.1 Å². The van der Waals surface area contributed by atoms with Crippen LogP contribution in [0.2, 0.25) is 0 Å². The van der Waals surface area contributed by atoms with Gasteiger partial charge in [0.15, 0.2) is 0 Å². The minimum atomic E-state index is -0.0410. The van der Waals surface area contributed by atoms with Gasteiger partial charge in [0.25, 0.3) is 0 Å². The van der Waals surface area contributed by atoms with Crippen molar-refractivity contribution >= 4 is 11.6 Å². The van der Waals surface area contributed by atoms with Gasteiger partial charge >= 0.3 is 0 Å². The molecule has 0 unspecified atom stereocenters. The summed E-state index contributed by atoms with van der Waals surface area (Å²) in [6, 6.07) is 11.7. The molecule has 0 atom stereocenters. The van der Waals surface area contributed by atoms with E-state index in [2.05, 4.69) is 22.5 Å². The van der Waals surface area contributed by atoms with Crippen molar-refractivity contribution in [1.82, 2.24) is 10.3 Å². The molecule has 4 heteroatoms. The third kappa shape index (κ3) is 4.39. The molecular formula is C17H21N3O. The predicted molar refractivity (Wildman–Crippen MR) is 85.1 cm³/mol. The van der Waals surface area contributed by atoms with E-state index in [0.29, 0.717) is 6.42 Å². The second kappa shape index (κ2) is 7.55. The number of aryl methyl sites for hydroxylation is 1. The van der Waals surface area contributed by atoms with E-state index in [1.165, 1.54) is 0 Å². The predicted octanol–water partition coefficient (Wildman–Crippen LogP) is 2.68. The van der Waals surface area contributed by atoms with Gasteiger partial charge in [0, 0.05) is 18.4 Å². The largest absolute Gasteiger partial charge is 0.325 e. The smallest absolute Gasteiger partial charge is 0.230 e. The Bertz CT molecular complexity index is 610. The van der Waals surface area contributed by atoms with Gasteiger partial charge in [-0.3, -0.25) is 9.78 Å². The first kappa shape index (κ1) is 15.2. The summed E-state index contributed by atoms with van der Waals surface area (Å²) < 4.78 is 0. The Morgan fingerprint density at radius 1 is 1.19 bits per heavy atom. The van der Waals surface area contributed by atoms with Crippen molar-refractivity contribution in [3.63, 3.8) is 0 Å². The SMILES string of the molecule is CCNCc1ccccc1NC(=O)Cc1ncccc1C. The fourth-order valence-corrected chi connectivity index (χ4v) is 2.11. The third-order valence-electron chi connectivity index (χ3n) is 3.30. The van der Waals surface area contributed by atoms with Crippen LogP contribution in [0.1, 0.15) is 23.7 Å². The Hall–Kier alpha value is -2.20. The number of nitrogens with one attached hydrogen (secondary N) is 2. The monoisotopic (exact) mass is 283 g/mol. The number of hydrogen-bond acceptors (Lipinski definition) is 3. The molecule has 2 rings (SSSR count). The molecule has 0 aliphatic carbocycles. The van der Waals surface area contributed by atoms with Gasteiger partial charge in [-0.25, -0.2) is 0 Å². The van der Waals surface area contributed by atoms with E-state index in [4.69, 9.17) is 0 Å². The maximum Gasteiger partial charge on any atom is 0.230 e. The van der Waals surface area contributed by atoms with Gasteiger partial charge in [-0.2, -0.15) is 0 Å². The van der Waals surface area contributed by atoms with Crippen molar-refractivity contribution in [3.05, 3.63) is 59.4 Å². The standard InChI is InChI=1S/C17H21N3O/c1-3-18-12-14-8-4-5-9-15(14)20-17(21)11-16-13(2)7-6-10-19-16/h4-10,18H,3,11-12H2,1-2H3,(H,20,21). The zero-order valence-corrected chi connectivity index (χ0v) is 12.5. The third-order valence-corrected chi connectivity index (χ3v) is 3.30. The summed E-state index contributed by atoms with van der Waals surface area (Å²) in [6.45, 7) is 5.67. The van der Waals surface area contributed by atoms with Gasteiger partial charge in [-0.1, -0.05) is 31.2 Å². The molecule has 1 aromatic carbocycles. The van der Waals surface area contributed by atoms with Crippen LogP contribution in [-0.4, -0.2) is 17.4 Å². The van der Waals surface area contributed by atoms with Crippen LogP contribution >= 0.6 is 0 Å². The summed E-state index contributed by atoms with van der Waals surface area (Å²) in [5.74, 6) is -0.0410. The van der Waals surface area contributed by atoms with E-state index < -0.39 is 0 Å². The van der Waals surface area contributed by atoms with Crippen LogP contribution < -0.4 is 10.6 Å². The number of aromatic nitrogens is 1. The second-order valence-electron chi connectivity index (χ2n) is 4.93. The fourth-order valence-electron chi connectivity index (χ4n) is 2.11. The van der Waals surface area contributed by atoms with E-state index in [1.54, 1.807) is 6.20 Å². The Balaban J connectivity index is 2.04. The van der Waals surface area contributed by atoms with Crippen LogP contribution in [-0.2, 0) is 17.8 Å². The molecule has 1 aromatic heterocycles.